The Hall–Kier alpha value is 1.40. The molecule has 0 aliphatic heterocycles. The van der Waals surface area contributed by atoms with Gasteiger partial charge in [-0.3, -0.25) is 0 Å². The second-order valence-electron chi connectivity index (χ2n) is 13.8. The average Bonchev–Trinajstić information content (AvgIpc) is 3.04. The van der Waals surface area contributed by atoms with Gasteiger partial charge < -0.3 is 0 Å². The Morgan fingerprint density at radius 1 is 0.289 bits per heavy atom. The SMILES string of the molecule is CCCCCCC[CH2][Sn]([CH2]CCCCCCC)([O]OCCC)[O][Sn]([CH2]CCCCCCC)([CH2]CCCCCCC)[O]OCCC. The van der Waals surface area contributed by atoms with E-state index in [4.69, 9.17) is 17.6 Å². The normalized spacial score (nSPS) is 12.4. The van der Waals surface area contributed by atoms with E-state index in [1.165, 1.54) is 154 Å². The van der Waals surface area contributed by atoms with Crippen LogP contribution in [-0.2, 0) is 17.6 Å². The zero-order chi connectivity index (χ0) is 33.2. The molecule has 5 nitrogen and oxygen atoms in total. The van der Waals surface area contributed by atoms with Gasteiger partial charge in [0.1, 0.15) is 0 Å². The van der Waals surface area contributed by atoms with E-state index in [9.17, 15) is 0 Å². The van der Waals surface area contributed by atoms with Crippen LogP contribution in [0.1, 0.15) is 208 Å². The van der Waals surface area contributed by atoms with Gasteiger partial charge in [0.15, 0.2) is 0 Å². The maximum absolute atomic E-state index is 7.76. The van der Waals surface area contributed by atoms with Crippen molar-refractivity contribution in [2.24, 2.45) is 0 Å². The van der Waals surface area contributed by atoms with Crippen LogP contribution in [0.2, 0.25) is 17.7 Å². The molecule has 0 spiro atoms. The topological polar surface area (TPSA) is 46.2 Å². The number of rotatable bonds is 38. The summed E-state index contributed by atoms with van der Waals surface area (Å²) in [7, 11) is 0. The Labute approximate surface area is 293 Å². The molecule has 0 aliphatic carbocycles. The minimum atomic E-state index is -3.65. The molecule has 0 unspecified atom stereocenters. The van der Waals surface area contributed by atoms with Crippen molar-refractivity contribution in [1.82, 2.24) is 0 Å². The van der Waals surface area contributed by atoms with Gasteiger partial charge in [-0.2, -0.15) is 0 Å². The van der Waals surface area contributed by atoms with E-state index in [-0.39, 0.29) is 0 Å². The molecular formula is C38H82O5Sn2. The molecule has 0 saturated carbocycles. The van der Waals surface area contributed by atoms with Crippen molar-refractivity contribution in [2.75, 3.05) is 13.2 Å². The predicted octanol–water partition coefficient (Wildman–Crippen LogP) is 14.0. The standard InChI is InChI=1S/4C8H17.2C3H8O2.O.2Sn/c4*1-3-5-7-8-6-4-2;2*1-2-3-5-4;;;/h4*1,3-8H2,2H3;2*4H,2-3H2,1H3;;;/q;;;;;;;2*+1/p-2. The molecule has 0 atom stereocenters. The summed E-state index contributed by atoms with van der Waals surface area (Å²) in [6.07, 6.45) is 33.1. The van der Waals surface area contributed by atoms with E-state index in [0.717, 1.165) is 30.6 Å². The van der Waals surface area contributed by atoms with Crippen molar-refractivity contribution < 1.29 is 17.6 Å². The average molecular weight is 856 g/mol. The molecule has 0 rings (SSSR count). The Morgan fingerprint density at radius 3 is 0.778 bits per heavy atom. The molecule has 0 heterocycles. The third-order valence-electron chi connectivity index (χ3n) is 9.01. The van der Waals surface area contributed by atoms with Crippen LogP contribution >= 0.6 is 0 Å². The van der Waals surface area contributed by atoms with Gasteiger partial charge in [0, 0.05) is 0 Å². The monoisotopic (exact) mass is 858 g/mol. The van der Waals surface area contributed by atoms with Crippen LogP contribution < -0.4 is 0 Å². The van der Waals surface area contributed by atoms with Crippen LogP contribution in [0.3, 0.4) is 0 Å². The van der Waals surface area contributed by atoms with Crippen LogP contribution in [0, 0.1) is 0 Å². The van der Waals surface area contributed by atoms with Gasteiger partial charge in [-0.05, 0) is 0 Å². The summed E-state index contributed by atoms with van der Waals surface area (Å²) in [4.78, 5) is 12.1. The van der Waals surface area contributed by atoms with E-state index in [1.54, 1.807) is 0 Å². The molecule has 0 aliphatic rings. The zero-order valence-electron chi connectivity index (χ0n) is 31.7. The predicted molar refractivity (Wildman–Crippen MR) is 200 cm³/mol. The van der Waals surface area contributed by atoms with Gasteiger partial charge in [0.2, 0.25) is 0 Å². The fourth-order valence-electron chi connectivity index (χ4n) is 6.16. The van der Waals surface area contributed by atoms with Gasteiger partial charge in [0.05, 0.1) is 0 Å². The van der Waals surface area contributed by atoms with Crippen LogP contribution in [0.25, 0.3) is 0 Å². The maximum atomic E-state index is 7.76. The first-order valence-corrected chi connectivity index (χ1v) is 33.1. The Bertz CT molecular complexity index is 500. The molecule has 0 aromatic heterocycles. The Balaban J connectivity index is 6.09. The molecule has 0 N–H and O–H groups in total. The molecule has 0 saturated heterocycles. The molecule has 45 heavy (non-hydrogen) atoms. The van der Waals surface area contributed by atoms with Crippen LogP contribution in [0.5, 0.6) is 0 Å². The molecule has 0 aromatic carbocycles. The molecule has 0 fully saturated rings. The molecular weight excluding hydrogens is 774 g/mol. The number of hydrogen-bond donors (Lipinski definition) is 0. The van der Waals surface area contributed by atoms with Gasteiger partial charge in [0.25, 0.3) is 0 Å². The summed E-state index contributed by atoms with van der Waals surface area (Å²) < 4.78 is 25.6. The summed E-state index contributed by atoms with van der Waals surface area (Å²) in [6.45, 7) is 14.9. The molecule has 0 amide bonds. The van der Waals surface area contributed by atoms with Crippen molar-refractivity contribution in [3.8, 4) is 0 Å². The van der Waals surface area contributed by atoms with Crippen molar-refractivity contribution in [3.63, 3.8) is 0 Å². The van der Waals surface area contributed by atoms with Crippen LogP contribution in [0.4, 0.5) is 0 Å². The zero-order valence-corrected chi connectivity index (χ0v) is 37.4. The van der Waals surface area contributed by atoms with Crippen molar-refractivity contribution in [1.29, 1.82) is 0 Å². The van der Waals surface area contributed by atoms with Crippen LogP contribution in [-0.4, -0.2) is 51.6 Å². The second-order valence-corrected chi connectivity index (χ2v) is 35.4. The molecule has 272 valence electrons. The van der Waals surface area contributed by atoms with E-state index in [1.807, 2.05) is 0 Å². The fraction of sp³-hybridized carbons (Fsp3) is 1.00. The molecule has 7 heteroatoms. The van der Waals surface area contributed by atoms with E-state index >= 15 is 0 Å². The number of hydrogen-bond acceptors (Lipinski definition) is 5. The van der Waals surface area contributed by atoms with E-state index in [0.29, 0.717) is 13.2 Å². The summed E-state index contributed by atoms with van der Waals surface area (Å²) in [5, 5.41) is 0. The third-order valence-corrected chi connectivity index (χ3v) is 40.5. The summed E-state index contributed by atoms with van der Waals surface area (Å²) >= 11 is -7.31. The second kappa shape index (κ2) is 35.2. The first-order chi connectivity index (χ1) is 22.1. The molecule has 0 aromatic rings. The molecule has 0 radical (unpaired) electrons. The first kappa shape index (κ1) is 46.4. The number of unbranched alkanes of at least 4 members (excludes halogenated alkanes) is 20. The minimum absolute atomic E-state index is 0.652. The van der Waals surface area contributed by atoms with Crippen molar-refractivity contribution in [2.45, 2.75) is 226 Å². The van der Waals surface area contributed by atoms with Crippen LogP contribution in [0.15, 0.2) is 0 Å². The van der Waals surface area contributed by atoms with Crippen molar-refractivity contribution in [3.05, 3.63) is 0 Å². The quantitative estimate of drug-likeness (QED) is 0.0268. The van der Waals surface area contributed by atoms with E-state index in [2.05, 4.69) is 41.5 Å². The molecule has 0 bridgehead atoms. The van der Waals surface area contributed by atoms with Crippen molar-refractivity contribution >= 4 is 38.4 Å². The summed E-state index contributed by atoms with van der Waals surface area (Å²) in [5.74, 6) is 0. The van der Waals surface area contributed by atoms with Gasteiger partial charge in [-0.15, -0.1) is 0 Å². The Kier molecular flexibility index (Phi) is 36.3. The van der Waals surface area contributed by atoms with Gasteiger partial charge >= 0.3 is 295 Å². The van der Waals surface area contributed by atoms with Gasteiger partial charge in [-0.1, -0.05) is 0 Å². The Morgan fingerprint density at radius 2 is 0.533 bits per heavy atom. The van der Waals surface area contributed by atoms with E-state index < -0.39 is 38.4 Å². The first-order valence-electron chi connectivity index (χ1n) is 20.4. The fourth-order valence-corrected chi connectivity index (χ4v) is 44.6. The van der Waals surface area contributed by atoms with Gasteiger partial charge in [-0.25, -0.2) is 0 Å². The summed E-state index contributed by atoms with van der Waals surface area (Å²) in [5.41, 5.74) is 0. The third kappa shape index (κ3) is 27.9. The summed E-state index contributed by atoms with van der Waals surface area (Å²) in [6, 6.07) is 0.